The van der Waals surface area contributed by atoms with E-state index >= 15 is 0 Å². The molecule has 0 bridgehead atoms. The first-order chi connectivity index (χ1) is 9.20. The van der Waals surface area contributed by atoms with E-state index in [1.54, 1.807) is 0 Å². The molecule has 1 aliphatic carbocycles. The summed E-state index contributed by atoms with van der Waals surface area (Å²) in [6.07, 6.45) is 3.97. The van der Waals surface area contributed by atoms with Crippen molar-refractivity contribution < 1.29 is 4.79 Å². The molecule has 1 aromatic carbocycles. The second kappa shape index (κ2) is 5.21. The number of anilines is 2. The summed E-state index contributed by atoms with van der Waals surface area (Å²) in [5, 5.41) is 6.39. The van der Waals surface area contributed by atoms with Gasteiger partial charge in [-0.25, -0.2) is 0 Å². The number of hydrogen-bond donors (Lipinski definition) is 2. The van der Waals surface area contributed by atoms with Crippen LogP contribution >= 0.6 is 0 Å². The first kappa shape index (κ1) is 12.5. The van der Waals surface area contributed by atoms with Crippen LogP contribution in [0.1, 0.15) is 26.2 Å². The number of carbonyl (C=O) groups is 1. The molecule has 1 atom stereocenters. The van der Waals surface area contributed by atoms with Gasteiger partial charge in [0.25, 0.3) is 0 Å². The smallest absolute Gasteiger partial charge is 0.221 e. The van der Waals surface area contributed by atoms with E-state index in [0.717, 1.165) is 24.0 Å². The lowest BCUT2D eigenvalue weighted by atomic mass is 10.2. The molecule has 2 fully saturated rings. The van der Waals surface area contributed by atoms with Crippen molar-refractivity contribution in [3.63, 3.8) is 0 Å². The molecule has 19 heavy (non-hydrogen) atoms. The van der Waals surface area contributed by atoms with Gasteiger partial charge in [-0.05, 0) is 37.5 Å². The Balaban J connectivity index is 1.58. The zero-order valence-corrected chi connectivity index (χ0v) is 11.4. The van der Waals surface area contributed by atoms with Crippen molar-refractivity contribution in [2.75, 3.05) is 23.7 Å². The minimum absolute atomic E-state index is 0.0297. The number of nitrogens with zero attached hydrogens (tertiary/aromatic N) is 1. The third-order valence-corrected chi connectivity index (χ3v) is 3.84. The van der Waals surface area contributed by atoms with E-state index in [0.29, 0.717) is 6.04 Å². The maximum absolute atomic E-state index is 11.1. The van der Waals surface area contributed by atoms with Crippen LogP contribution in [0, 0.1) is 0 Å². The van der Waals surface area contributed by atoms with Gasteiger partial charge in [0.1, 0.15) is 0 Å². The number of benzene rings is 1. The monoisotopic (exact) mass is 259 g/mol. The molecule has 1 aliphatic heterocycles. The molecule has 1 aromatic rings. The Morgan fingerprint density at radius 2 is 2.05 bits per heavy atom. The zero-order chi connectivity index (χ0) is 13.2. The number of rotatable bonds is 4. The van der Waals surface area contributed by atoms with Crippen LogP contribution in [-0.4, -0.2) is 36.0 Å². The molecule has 0 radical (unpaired) electrons. The van der Waals surface area contributed by atoms with Crippen LogP contribution in [0.5, 0.6) is 0 Å². The van der Waals surface area contributed by atoms with E-state index in [4.69, 9.17) is 0 Å². The summed E-state index contributed by atoms with van der Waals surface area (Å²) in [6.45, 7) is 3.90. The van der Waals surface area contributed by atoms with Gasteiger partial charge in [0.05, 0.1) is 0 Å². The molecular weight excluding hydrogens is 238 g/mol. The normalized spacial score (nSPS) is 23.3. The Bertz CT molecular complexity index is 470. The summed E-state index contributed by atoms with van der Waals surface area (Å²) in [5.74, 6) is -0.0297. The van der Waals surface area contributed by atoms with Gasteiger partial charge in [-0.3, -0.25) is 9.69 Å². The van der Waals surface area contributed by atoms with Gasteiger partial charge in [0.15, 0.2) is 0 Å². The maximum atomic E-state index is 11.1. The van der Waals surface area contributed by atoms with Gasteiger partial charge in [0.2, 0.25) is 5.91 Å². The van der Waals surface area contributed by atoms with Gasteiger partial charge in [0, 0.05) is 43.5 Å². The van der Waals surface area contributed by atoms with Crippen molar-refractivity contribution in [3.8, 4) is 0 Å². The number of carbonyl (C=O) groups excluding carboxylic acids is 1. The molecular formula is C15H21N3O. The van der Waals surface area contributed by atoms with Gasteiger partial charge in [-0.1, -0.05) is 6.07 Å². The Labute approximate surface area is 114 Å². The summed E-state index contributed by atoms with van der Waals surface area (Å²) in [6, 6.07) is 9.34. The average Bonchev–Trinajstić information content (AvgIpc) is 3.10. The standard InChI is InChI=1S/C15H21N3O/c1-11(19)16-12-3-2-4-13(9-12)17-14-7-8-18(10-14)15-5-6-15/h2-4,9,14-15,17H,5-8,10H2,1H3,(H,16,19). The molecule has 1 heterocycles. The van der Waals surface area contributed by atoms with E-state index in [9.17, 15) is 4.79 Å². The lowest BCUT2D eigenvalue weighted by molar-refractivity contribution is -0.114. The van der Waals surface area contributed by atoms with E-state index < -0.39 is 0 Å². The number of hydrogen-bond acceptors (Lipinski definition) is 3. The fourth-order valence-corrected chi connectivity index (χ4v) is 2.80. The summed E-state index contributed by atoms with van der Waals surface area (Å²) in [4.78, 5) is 13.6. The molecule has 102 valence electrons. The molecule has 1 saturated carbocycles. The lowest BCUT2D eigenvalue weighted by Gasteiger charge is -2.17. The summed E-state index contributed by atoms with van der Waals surface area (Å²) in [5.41, 5.74) is 1.95. The Morgan fingerprint density at radius 3 is 2.79 bits per heavy atom. The lowest BCUT2D eigenvalue weighted by Crippen LogP contribution is -2.27. The van der Waals surface area contributed by atoms with Gasteiger partial charge >= 0.3 is 0 Å². The molecule has 0 aromatic heterocycles. The maximum Gasteiger partial charge on any atom is 0.221 e. The van der Waals surface area contributed by atoms with E-state index in [1.165, 1.54) is 32.7 Å². The van der Waals surface area contributed by atoms with E-state index in [-0.39, 0.29) is 5.91 Å². The Kier molecular flexibility index (Phi) is 3.42. The van der Waals surface area contributed by atoms with Crippen LogP contribution in [0.4, 0.5) is 11.4 Å². The highest BCUT2D eigenvalue weighted by Gasteiger charge is 2.34. The quantitative estimate of drug-likeness (QED) is 0.872. The highest BCUT2D eigenvalue weighted by Crippen LogP contribution is 2.30. The van der Waals surface area contributed by atoms with Gasteiger partial charge in [-0.15, -0.1) is 0 Å². The van der Waals surface area contributed by atoms with Crippen LogP contribution in [0.2, 0.25) is 0 Å². The number of amides is 1. The third kappa shape index (κ3) is 3.26. The predicted octanol–water partition coefficient (Wildman–Crippen LogP) is 2.29. The van der Waals surface area contributed by atoms with Crippen molar-refractivity contribution in [1.82, 2.24) is 4.90 Å². The first-order valence-corrected chi connectivity index (χ1v) is 7.09. The summed E-state index contributed by atoms with van der Waals surface area (Å²) in [7, 11) is 0. The molecule has 0 spiro atoms. The topological polar surface area (TPSA) is 44.4 Å². The van der Waals surface area contributed by atoms with E-state index in [1.807, 2.05) is 18.2 Å². The molecule has 4 heteroatoms. The summed E-state index contributed by atoms with van der Waals surface area (Å²) < 4.78 is 0. The molecule has 3 rings (SSSR count). The van der Waals surface area contributed by atoms with Crippen LogP contribution in [0.25, 0.3) is 0 Å². The highest BCUT2D eigenvalue weighted by molar-refractivity contribution is 5.89. The number of nitrogens with one attached hydrogen (secondary N) is 2. The minimum atomic E-state index is -0.0297. The first-order valence-electron chi connectivity index (χ1n) is 7.09. The Hall–Kier alpha value is -1.55. The predicted molar refractivity (Wildman–Crippen MR) is 77.4 cm³/mol. The van der Waals surface area contributed by atoms with Gasteiger partial charge in [-0.2, -0.15) is 0 Å². The molecule has 2 N–H and O–H groups in total. The van der Waals surface area contributed by atoms with Crippen LogP contribution in [-0.2, 0) is 4.79 Å². The van der Waals surface area contributed by atoms with Crippen molar-refractivity contribution >= 4 is 17.3 Å². The molecule has 1 amide bonds. The van der Waals surface area contributed by atoms with Crippen molar-refractivity contribution in [3.05, 3.63) is 24.3 Å². The molecule has 1 unspecified atom stereocenters. The van der Waals surface area contributed by atoms with Crippen molar-refractivity contribution in [1.29, 1.82) is 0 Å². The number of likely N-dealkylation sites (tertiary alicyclic amines) is 1. The largest absolute Gasteiger partial charge is 0.381 e. The van der Waals surface area contributed by atoms with Crippen LogP contribution < -0.4 is 10.6 Å². The van der Waals surface area contributed by atoms with E-state index in [2.05, 4.69) is 21.6 Å². The second-order valence-electron chi connectivity index (χ2n) is 5.62. The van der Waals surface area contributed by atoms with Crippen LogP contribution in [0.15, 0.2) is 24.3 Å². The van der Waals surface area contributed by atoms with Crippen molar-refractivity contribution in [2.24, 2.45) is 0 Å². The molecule has 4 nitrogen and oxygen atoms in total. The highest BCUT2D eigenvalue weighted by atomic mass is 16.1. The Morgan fingerprint density at radius 1 is 1.26 bits per heavy atom. The third-order valence-electron chi connectivity index (χ3n) is 3.84. The van der Waals surface area contributed by atoms with Gasteiger partial charge < -0.3 is 10.6 Å². The molecule has 2 aliphatic rings. The van der Waals surface area contributed by atoms with Crippen molar-refractivity contribution in [2.45, 2.75) is 38.3 Å². The SMILES string of the molecule is CC(=O)Nc1cccc(NC2CCN(C3CC3)C2)c1. The second-order valence-corrected chi connectivity index (χ2v) is 5.62. The minimum Gasteiger partial charge on any atom is -0.381 e. The average molecular weight is 259 g/mol. The fourth-order valence-electron chi connectivity index (χ4n) is 2.80. The zero-order valence-electron chi connectivity index (χ0n) is 11.4. The molecule has 1 saturated heterocycles. The summed E-state index contributed by atoms with van der Waals surface area (Å²) >= 11 is 0. The van der Waals surface area contributed by atoms with Crippen LogP contribution in [0.3, 0.4) is 0 Å². The fraction of sp³-hybridized carbons (Fsp3) is 0.533.